The highest BCUT2D eigenvalue weighted by Gasteiger charge is 2.07. The normalized spacial score (nSPS) is 12.0. The van der Waals surface area contributed by atoms with E-state index in [0.717, 1.165) is 11.1 Å². The summed E-state index contributed by atoms with van der Waals surface area (Å²) in [6, 6.07) is 5.92. The lowest BCUT2D eigenvalue weighted by molar-refractivity contribution is 0.441. The second-order valence-electron chi connectivity index (χ2n) is 3.44. The van der Waals surface area contributed by atoms with Crippen molar-refractivity contribution in [2.75, 3.05) is 6.67 Å². The van der Waals surface area contributed by atoms with E-state index in [0.29, 0.717) is 6.42 Å². The van der Waals surface area contributed by atoms with Crippen molar-refractivity contribution in [2.45, 2.75) is 26.3 Å². The Morgan fingerprint density at radius 1 is 1.36 bits per heavy atom. The number of alkyl halides is 1. The van der Waals surface area contributed by atoms with E-state index in [9.17, 15) is 4.39 Å². The fourth-order valence-corrected chi connectivity index (χ4v) is 1.51. The molecule has 3 heteroatoms. The Kier molecular flexibility index (Phi) is 5.73. The Hall–Kier alpha value is -0.600. The molecule has 0 aromatic heterocycles. The molecule has 0 saturated heterocycles. The summed E-state index contributed by atoms with van der Waals surface area (Å²) in [7, 11) is 0. The molecule has 0 aliphatic rings. The smallest absolute Gasteiger partial charge is 0.0912 e. The summed E-state index contributed by atoms with van der Waals surface area (Å²) in [6.45, 7) is 3.70. The fourth-order valence-electron chi connectivity index (χ4n) is 1.51. The van der Waals surface area contributed by atoms with Crippen molar-refractivity contribution in [3.05, 3.63) is 34.9 Å². The highest BCUT2D eigenvalue weighted by molar-refractivity contribution is 5.85. The molecule has 0 aliphatic carbocycles. The van der Waals surface area contributed by atoms with Gasteiger partial charge in [0.15, 0.2) is 0 Å². The van der Waals surface area contributed by atoms with E-state index in [1.165, 1.54) is 5.56 Å². The van der Waals surface area contributed by atoms with Crippen LogP contribution in [0, 0.1) is 13.8 Å². The SMILES string of the molecule is Cc1ccc([C@H](N)CCF)c(C)c1.Cl. The molecule has 0 fully saturated rings. The Bertz CT molecular complexity index is 289. The average Bonchev–Trinajstić information content (AvgIpc) is 2.04. The molecule has 0 heterocycles. The maximum absolute atomic E-state index is 12.1. The van der Waals surface area contributed by atoms with Crippen LogP contribution in [0.15, 0.2) is 18.2 Å². The molecule has 0 unspecified atom stereocenters. The monoisotopic (exact) mass is 217 g/mol. The molecule has 1 atom stereocenters. The summed E-state index contributed by atoms with van der Waals surface area (Å²) in [4.78, 5) is 0. The fraction of sp³-hybridized carbons (Fsp3) is 0.455. The van der Waals surface area contributed by atoms with Crippen LogP contribution in [0.25, 0.3) is 0 Å². The average molecular weight is 218 g/mol. The van der Waals surface area contributed by atoms with Gasteiger partial charge < -0.3 is 5.73 Å². The van der Waals surface area contributed by atoms with Gasteiger partial charge in [-0.25, -0.2) is 0 Å². The minimum Gasteiger partial charge on any atom is -0.324 e. The van der Waals surface area contributed by atoms with Gasteiger partial charge in [0.1, 0.15) is 0 Å². The number of hydrogen-bond acceptors (Lipinski definition) is 1. The molecule has 80 valence electrons. The first-order valence-corrected chi connectivity index (χ1v) is 4.54. The maximum atomic E-state index is 12.1. The van der Waals surface area contributed by atoms with Crippen molar-refractivity contribution in [1.82, 2.24) is 0 Å². The Labute approximate surface area is 90.9 Å². The van der Waals surface area contributed by atoms with Gasteiger partial charge in [0, 0.05) is 6.04 Å². The van der Waals surface area contributed by atoms with Crippen LogP contribution in [0.5, 0.6) is 0 Å². The highest BCUT2D eigenvalue weighted by atomic mass is 35.5. The van der Waals surface area contributed by atoms with Gasteiger partial charge >= 0.3 is 0 Å². The van der Waals surface area contributed by atoms with Crippen LogP contribution in [-0.4, -0.2) is 6.67 Å². The summed E-state index contributed by atoms with van der Waals surface area (Å²) in [5.74, 6) is 0. The number of benzene rings is 1. The van der Waals surface area contributed by atoms with Crippen molar-refractivity contribution < 1.29 is 4.39 Å². The van der Waals surface area contributed by atoms with E-state index in [1.54, 1.807) is 0 Å². The van der Waals surface area contributed by atoms with Crippen molar-refractivity contribution in [1.29, 1.82) is 0 Å². The second kappa shape index (κ2) is 5.99. The van der Waals surface area contributed by atoms with Crippen LogP contribution >= 0.6 is 12.4 Å². The lowest BCUT2D eigenvalue weighted by Gasteiger charge is -2.13. The summed E-state index contributed by atoms with van der Waals surface area (Å²) in [6.07, 6.45) is 0.407. The van der Waals surface area contributed by atoms with Gasteiger partial charge in [0.25, 0.3) is 0 Å². The van der Waals surface area contributed by atoms with Crippen LogP contribution < -0.4 is 5.73 Å². The minimum absolute atomic E-state index is 0. The van der Waals surface area contributed by atoms with E-state index in [1.807, 2.05) is 26.0 Å². The van der Waals surface area contributed by atoms with E-state index < -0.39 is 0 Å². The number of aryl methyl sites for hydroxylation is 2. The van der Waals surface area contributed by atoms with Gasteiger partial charge in [0.05, 0.1) is 6.67 Å². The third-order valence-corrected chi connectivity index (χ3v) is 2.24. The molecule has 1 aromatic rings. The molecule has 0 radical (unpaired) electrons. The highest BCUT2D eigenvalue weighted by Crippen LogP contribution is 2.19. The molecular formula is C11H17ClFN. The molecular weight excluding hydrogens is 201 g/mol. The summed E-state index contributed by atoms with van der Waals surface area (Å²) in [5, 5.41) is 0. The molecule has 0 amide bonds. The van der Waals surface area contributed by atoms with E-state index in [-0.39, 0.29) is 25.1 Å². The lowest BCUT2D eigenvalue weighted by Crippen LogP contribution is -2.12. The van der Waals surface area contributed by atoms with Crippen LogP contribution in [0.1, 0.15) is 29.2 Å². The van der Waals surface area contributed by atoms with Crippen LogP contribution in [0.2, 0.25) is 0 Å². The first-order chi connectivity index (χ1) is 6.15. The molecule has 14 heavy (non-hydrogen) atoms. The zero-order valence-corrected chi connectivity index (χ0v) is 9.40. The quantitative estimate of drug-likeness (QED) is 0.828. The molecule has 2 N–H and O–H groups in total. The summed E-state index contributed by atoms with van der Waals surface area (Å²) in [5.41, 5.74) is 9.25. The van der Waals surface area contributed by atoms with E-state index in [2.05, 4.69) is 6.07 Å². The predicted octanol–water partition coefficient (Wildman–Crippen LogP) is 3.08. The Morgan fingerprint density at radius 3 is 2.50 bits per heavy atom. The topological polar surface area (TPSA) is 26.0 Å². The van der Waals surface area contributed by atoms with Gasteiger partial charge in [-0.05, 0) is 31.4 Å². The Morgan fingerprint density at radius 2 is 2.00 bits per heavy atom. The third kappa shape index (κ3) is 3.28. The number of nitrogens with two attached hydrogens (primary N) is 1. The van der Waals surface area contributed by atoms with Crippen molar-refractivity contribution in [3.63, 3.8) is 0 Å². The maximum Gasteiger partial charge on any atom is 0.0912 e. The standard InChI is InChI=1S/C11H16FN.ClH/c1-8-3-4-10(9(2)7-8)11(13)5-6-12;/h3-4,7,11H,5-6,13H2,1-2H3;1H/t11-;/m1./s1. The Balaban J connectivity index is 0.00000169. The van der Waals surface area contributed by atoms with Gasteiger partial charge in [-0.1, -0.05) is 23.8 Å². The first kappa shape index (κ1) is 13.4. The van der Waals surface area contributed by atoms with Crippen molar-refractivity contribution in [3.8, 4) is 0 Å². The van der Waals surface area contributed by atoms with Crippen molar-refractivity contribution >= 4 is 12.4 Å². The minimum atomic E-state index is -0.353. The van der Waals surface area contributed by atoms with Crippen LogP contribution in [0.3, 0.4) is 0 Å². The molecule has 1 aromatic carbocycles. The lowest BCUT2D eigenvalue weighted by atomic mass is 9.98. The molecule has 1 nitrogen and oxygen atoms in total. The van der Waals surface area contributed by atoms with E-state index >= 15 is 0 Å². The van der Waals surface area contributed by atoms with Gasteiger partial charge in [-0.3, -0.25) is 4.39 Å². The van der Waals surface area contributed by atoms with Crippen molar-refractivity contribution in [2.24, 2.45) is 5.73 Å². The van der Waals surface area contributed by atoms with Gasteiger partial charge in [-0.2, -0.15) is 0 Å². The van der Waals surface area contributed by atoms with Gasteiger partial charge in [0.2, 0.25) is 0 Å². The zero-order chi connectivity index (χ0) is 9.84. The first-order valence-electron chi connectivity index (χ1n) is 4.54. The molecule has 0 aliphatic heterocycles. The predicted molar refractivity (Wildman–Crippen MR) is 60.7 cm³/mol. The van der Waals surface area contributed by atoms with E-state index in [4.69, 9.17) is 5.73 Å². The largest absolute Gasteiger partial charge is 0.324 e. The molecule has 0 spiro atoms. The van der Waals surface area contributed by atoms with Gasteiger partial charge in [-0.15, -0.1) is 12.4 Å². The molecule has 1 rings (SSSR count). The zero-order valence-electron chi connectivity index (χ0n) is 8.59. The molecule has 0 bridgehead atoms. The number of rotatable bonds is 3. The van der Waals surface area contributed by atoms with Crippen LogP contribution in [-0.2, 0) is 0 Å². The van der Waals surface area contributed by atoms with Crippen LogP contribution in [0.4, 0.5) is 4.39 Å². The summed E-state index contributed by atoms with van der Waals surface area (Å²) >= 11 is 0. The number of hydrogen-bond donors (Lipinski definition) is 1. The second-order valence-corrected chi connectivity index (χ2v) is 3.44. The number of halogens is 2. The summed E-state index contributed by atoms with van der Waals surface area (Å²) < 4.78 is 12.1. The third-order valence-electron chi connectivity index (χ3n) is 2.24. The molecule has 0 saturated carbocycles.